The summed E-state index contributed by atoms with van der Waals surface area (Å²) in [5.74, 6) is 0.161. The number of nitriles is 1. The van der Waals surface area contributed by atoms with Gasteiger partial charge in [0.05, 0.1) is 31.0 Å². The molecular formula is C29H26N4O6. The van der Waals surface area contributed by atoms with Crippen molar-refractivity contribution in [3.05, 3.63) is 89.1 Å². The maximum absolute atomic E-state index is 12.9. The number of methoxy groups -OCH3 is 1. The molecule has 10 nitrogen and oxygen atoms in total. The first-order valence-corrected chi connectivity index (χ1v) is 12.1. The number of rotatable bonds is 10. The van der Waals surface area contributed by atoms with Gasteiger partial charge in [0.1, 0.15) is 24.6 Å². The zero-order valence-corrected chi connectivity index (χ0v) is 21.4. The third-order valence-corrected chi connectivity index (χ3v) is 5.74. The number of anilines is 1. The lowest BCUT2D eigenvalue weighted by Crippen LogP contribution is -2.38. The van der Waals surface area contributed by atoms with Crippen LogP contribution in [0.2, 0.25) is 0 Å². The predicted molar refractivity (Wildman–Crippen MR) is 143 cm³/mol. The van der Waals surface area contributed by atoms with Gasteiger partial charge >= 0.3 is 6.03 Å². The largest absolute Gasteiger partial charge is 0.495 e. The van der Waals surface area contributed by atoms with Crippen LogP contribution in [0.1, 0.15) is 23.6 Å². The van der Waals surface area contributed by atoms with Crippen molar-refractivity contribution < 1.29 is 28.6 Å². The first-order valence-electron chi connectivity index (χ1n) is 12.1. The Morgan fingerprint density at radius 1 is 1.03 bits per heavy atom. The summed E-state index contributed by atoms with van der Waals surface area (Å²) >= 11 is 0. The fourth-order valence-electron chi connectivity index (χ4n) is 3.88. The van der Waals surface area contributed by atoms with E-state index in [4.69, 9.17) is 14.2 Å². The molecule has 0 spiro atoms. The molecule has 1 aliphatic heterocycles. The Balaban J connectivity index is 1.46. The number of carbonyl (C=O) groups excluding carboxylic acids is 3. The van der Waals surface area contributed by atoms with Gasteiger partial charge < -0.3 is 24.8 Å². The van der Waals surface area contributed by atoms with Crippen molar-refractivity contribution in [3.8, 4) is 23.3 Å². The van der Waals surface area contributed by atoms with Crippen molar-refractivity contribution in [3.63, 3.8) is 0 Å². The molecule has 0 aliphatic carbocycles. The summed E-state index contributed by atoms with van der Waals surface area (Å²) in [6, 6.07) is 20.5. The zero-order valence-electron chi connectivity index (χ0n) is 21.4. The Bertz CT molecular complexity index is 1480. The van der Waals surface area contributed by atoms with E-state index in [1.165, 1.54) is 13.2 Å². The van der Waals surface area contributed by atoms with Gasteiger partial charge in [-0.2, -0.15) is 5.26 Å². The molecule has 0 atom stereocenters. The SMILES string of the molecule is CCOc1cc(/C=C2/NC(=O)N(CC(=O)Nc3ccccc3OC)C2=O)ccc1OCc1ccccc1C#N. The number of amides is 4. The summed E-state index contributed by atoms with van der Waals surface area (Å²) in [7, 11) is 1.48. The number of ether oxygens (including phenoxy) is 3. The third kappa shape index (κ3) is 6.34. The quantitative estimate of drug-likeness (QED) is 0.301. The first-order chi connectivity index (χ1) is 18.9. The van der Waals surface area contributed by atoms with Gasteiger partial charge in [-0.3, -0.25) is 9.59 Å². The molecule has 1 aliphatic rings. The molecule has 3 aromatic carbocycles. The second-order valence-electron chi connectivity index (χ2n) is 8.32. The van der Waals surface area contributed by atoms with Crippen molar-refractivity contribution in [1.82, 2.24) is 10.2 Å². The smallest absolute Gasteiger partial charge is 0.329 e. The summed E-state index contributed by atoms with van der Waals surface area (Å²) in [6.07, 6.45) is 1.50. The lowest BCUT2D eigenvalue weighted by molar-refractivity contribution is -0.127. The van der Waals surface area contributed by atoms with Crippen LogP contribution >= 0.6 is 0 Å². The molecule has 0 saturated carbocycles. The van der Waals surface area contributed by atoms with Gasteiger partial charge in [-0.25, -0.2) is 9.69 Å². The molecule has 3 aromatic rings. The average molecular weight is 527 g/mol. The Morgan fingerprint density at radius 2 is 1.79 bits per heavy atom. The Morgan fingerprint density at radius 3 is 2.56 bits per heavy atom. The summed E-state index contributed by atoms with van der Waals surface area (Å²) in [5.41, 5.74) is 2.28. The van der Waals surface area contributed by atoms with E-state index in [0.29, 0.717) is 40.7 Å². The molecule has 198 valence electrons. The van der Waals surface area contributed by atoms with Crippen molar-refractivity contribution in [2.24, 2.45) is 0 Å². The fraction of sp³-hybridized carbons (Fsp3) is 0.172. The highest BCUT2D eigenvalue weighted by molar-refractivity contribution is 6.16. The van der Waals surface area contributed by atoms with Gasteiger partial charge in [0.15, 0.2) is 11.5 Å². The molecule has 4 rings (SSSR count). The summed E-state index contributed by atoms with van der Waals surface area (Å²) in [6.45, 7) is 1.90. The topological polar surface area (TPSA) is 130 Å². The second-order valence-corrected chi connectivity index (χ2v) is 8.32. The molecule has 0 radical (unpaired) electrons. The molecule has 2 N–H and O–H groups in total. The van der Waals surface area contributed by atoms with Gasteiger partial charge in [0.25, 0.3) is 5.91 Å². The highest BCUT2D eigenvalue weighted by Crippen LogP contribution is 2.31. The van der Waals surface area contributed by atoms with E-state index in [9.17, 15) is 19.6 Å². The lowest BCUT2D eigenvalue weighted by atomic mass is 10.1. The van der Waals surface area contributed by atoms with Crippen LogP contribution < -0.4 is 24.8 Å². The van der Waals surface area contributed by atoms with Crippen LogP contribution in [0.25, 0.3) is 6.08 Å². The number of hydrogen-bond acceptors (Lipinski definition) is 7. The molecular weight excluding hydrogens is 500 g/mol. The molecule has 4 amide bonds. The van der Waals surface area contributed by atoms with Crippen LogP contribution in [0.15, 0.2) is 72.4 Å². The minimum absolute atomic E-state index is 0.0177. The fourth-order valence-corrected chi connectivity index (χ4v) is 3.88. The van der Waals surface area contributed by atoms with Gasteiger partial charge in [0.2, 0.25) is 5.91 Å². The predicted octanol–water partition coefficient (Wildman–Crippen LogP) is 4.08. The zero-order chi connectivity index (χ0) is 27.8. The minimum Gasteiger partial charge on any atom is -0.495 e. The molecule has 10 heteroatoms. The van der Waals surface area contributed by atoms with Crippen LogP contribution in [0.4, 0.5) is 10.5 Å². The molecule has 1 fully saturated rings. The van der Waals surface area contributed by atoms with E-state index in [0.717, 1.165) is 10.5 Å². The normalized spacial score (nSPS) is 13.6. The number of carbonyl (C=O) groups is 3. The molecule has 0 unspecified atom stereocenters. The summed E-state index contributed by atoms with van der Waals surface area (Å²) in [4.78, 5) is 38.8. The monoisotopic (exact) mass is 526 g/mol. The van der Waals surface area contributed by atoms with E-state index in [-0.39, 0.29) is 12.3 Å². The van der Waals surface area contributed by atoms with Crippen molar-refractivity contribution in [1.29, 1.82) is 5.26 Å². The van der Waals surface area contributed by atoms with E-state index in [2.05, 4.69) is 16.7 Å². The third-order valence-electron chi connectivity index (χ3n) is 5.74. The Hall–Kier alpha value is -5.30. The van der Waals surface area contributed by atoms with Crippen molar-refractivity contribution in [2.75, 3.05) is 25.6 Å². The van der Waals surface area contributed by atoms with Crippen LogP contribution in [0.5, 0.6) is 17.2 Å². The second kappa shape index (κ2) is 12.3. The summed E-state index contributed by atoms with van der Waals surface area (Å²) in [5, 5.41) is 14.5. The van der Waals surface area contributed by atoms with Crippen LogP contribution in [-0.2, 0) is 16.2 Å². The molecule has 39 heavy (non-hydrogen) atoms. The van der Waals surface area contributed by atoms with Crippen LogP contribution in [0, 0.1) is 11.3 Å². The number of nitrogens with zero attached hydrogens (tertiary/aromatic N) is 2. The van der Waals surface area contributed by atoms with E-state index in [1.807, 2.05) is 19.1 Å². The highest BCUT2D eigenvalue weighted by atomic mass is 16.5. The number of nitrogens with one attached hydrogen (secondary N) is 2. The number of imide groups is 1. The number of urea groups is 1. The molecule has 0 aromatic heterocycles. The molecule has 1 heterocycles. The van der Waals surface area contributed by atoms with E-state index >= 15 is 0 Å². The summed E-state index contributed by atoms with van der Waals surface area (Å²) < 4.78 is 16.8. The Kier molecular flexibility index (Phi) is 8.43. The van der Waals surface area contributed by atoms with Gasteiger partial charge in [-0.05, 0) is 48.9 Å². The maximum atomic E-state index is 12.9. The van der Waals surface area contributed by atoms with Crippen molar-refractivity contribution >= 4 is 29.6 Å². The molecule has 1 saturated heterocycles. The van der Waals surface area contributed by atoms with Crippen LogP contribution in [-0.4, -0.2) is 43.0 Å². The Labute approximate surface area is 225 Å². The van der Waals surface area contributed by atoms with Gasteiger partial charge in [-0.1, -0.05) is 36.4 Å². The standard InChI is InChI=1S/C29H26N4O6/c1-3-38-26-15-19(12-13-25(26)39-18-21-9-5-4-8-20(21)16-30)14-23-28(35)33(29(36)32-23)17-27(34)31-22-10-6-7-11-24(22)37-2/h4-15H,3,17-18H2,1-2H3,(H,31,34)(H,32,36)/b23-14+. The number of para-hydroxylation sites is 2. The average Bonchev–Trinajstić information content (AvgIpc) is 3.20. The number of benzene rings is 3. The van der Waals surface area contributed by atoms with Crippen molar-refractivity contribution in [2.45, 2.75) is 13.5 Å². The minimum atomic E-state index is -0.706. The number of hydrogen-bond donors (Lipinski definition) is 2. The maximum Gasteiger partial charge on any atom is 0.329 e. The highest BCUT2D eigenvalue weighted by Gasteiger charge is 2.35. The van der Waals surface area contributed by atoms with Crippen LogP contribution in [0.3, 0.4) is 0 Å². The van der Waals surface area contributed by atoms with E-state index < -0.39 is 24.4 Å². The van der Waals surface area contributed by atoms with E-state index in [1.54, 1.807) is 54.6 Å². The first kappa shape index (κ1) is 26.8. The van der Waals surface area contributed by atoms with Gasteiger partial charge in [-0.15, -0.1) is 0 Å². The van der Waals surface area contributed by atoms with Gasteiger partial charge in [0, 0.05) is 5.56 Å². The molecule has 0 bridgehead atoms. The lowest BCUT2D eigenvalue weighted by Gasteiger charge is -2.14.